The van der Waals surface area contributed by atoms with E-state index in [4.69, 9.17) is 10.3 Å². The summed E-state index contributed by atoms with van der Waals surface area (Å²) in [4.78, 5) is 11.6. The van der Waals surface area contributed by atoms with Gasteiger partial charge in [0.15, 0.2) is 0 Å². The molecule has 0 aliphatic carbocycles. The van der Waals surface area contributed by atoms with Crippen LogP contribution in [0.15, 0.2) is 27.5 Å². The van der Waals surface area contributed by atoms with Crippen molar-refractivity contribution in [1.29, 1.82) is 0 Å². The average molecular weight is 206 g/mol. The van der Waals surface area contributed by atoms with Crippen LogP contribution in [-0.4, -0.2) is 4.74 Å². The molecule has 0 bridgehead atoms. The molecule has 80 valence electrons. The van der Waals surface area contributed by atoms with Gasteiger partial charge in [0.25, 0.3) is 0 Å². The first-order valence-corrected chi connectivity index (χ1v) is 5.03. The third-order valence-corrected chi connectivity index (χ3v) is 2.52. The monoisotopic (exact) mass is 206 g/mol. The van der Waals surface area contributed by atoms with Gasteiger partial charge in [-0.3, -0.25) is 0 Å². The quantitative estimate of drug-likeness (QED) is 0.812. The number of nitrogens with two attached hydrogens (primary N) is 1. The number of nitrogens with zero attached hydrogens (tertiary/aromatic N) is 1. The lowest BCUT2D eigenvalue weighted by molar-refractivity contribution is 0.270. The molecular formula is C11H14N2O2. The predicted octanol–water partition coefficient (Wildman–Crippen LogP) is 1.63. The van der Waals surface area contributed by atoms with Gasteiger partial charge in [-0.15, -0.1) is 0 Å². The largest absolute Gasteiger partial charge is 0.365 e. The van der Waals surface area contributed by atoms with Crippen LogP contribution in [0, 0.1) is 0 Å². The van der Waals surface area contributed by atoms with Crippen LogP contribution in [-0.2, 0) is 6.54 Å². The summed E-state index contributed by atoms with van der Waals surface area (Å²) in [6.45, 7) is 4.43. The minimum atomic E-state index is -0.306. The van der Waals surface area contributed by atoms with E-state index in [1.165, 1.54) is 0 Å². The Morgan fingerprint density at radius 2 is 2.27 bits per heavy atom. The number of benzene rings is 1. The molecule has 0 aliphatic heterocycles. The first-order chi connectivity index (χ1) is 7.15. The van der Waals surface area contributed by atoms with Gasteiger partial charge in [-0.2, -0.15) is 0 Å². The van der Waals surface area contributed by atoms with E-state index in [1.54, 1.807) is 4.74 Å². The number of hydrogen-bond donors (Lipinski definition) is 1. The fourth-order valence-corrected chi connectivity index (χ4v) is 1.80. The van der Waals surface area contributed by atoms with Crippen LogP contribution in [0.1, 0.15) is 25.5 Å². The molecule has 1 unspecified atom stereocenters. The third-order valence-electron chi connectivity index (χ3n) is 2.52. The Bertz CT molecular complexity index is 537. The lowest BCUT2D eigenvalue weighted by Crippen LogP contribution is -2.08. The number of fused-ring (bicyclic) bond motifs is 1. The van der Waals surface area contributed by atoms with Gasteiger partial charge in [-0.05, 0) is 25.5 Å². The highest BCUT2D eigenvalue weighted by atomic mass is 16.5. The van der Waals surface area contributed by atoms with Crippen molar-refractivity contribution in [3.05, 3.63) is 34.2 Å². The molecule has 4 nitrogen and oxygen atoms in total. The maximum absolute atomic E-state index is 11.6. The third kappa shape index (κ3) is 1.47. The molecule has 0 saturated carbocycles. The van der Waals surface area contributed by atoms with Gasteiger partial charge in [-0.25, -0.2) is 9.53 Å². The maximum atomic E-state index is 11.6. The topological polar surface area (TPSA) is 61.2 Å². The summed E-state index contributed by atoms with van der Waals surface area (Å²) >= 11 is 0. The van der Waals surface area contributed by atoms with Crippen LogP contribution in [0.4, 0.5) is 0 Å². The van der Waals surface area contributed by atoms with Gasteiger partial charge in [0.2, 0.25) is 0 Å². The Morgan fingerprint density at radius 3 is 2.87 bits per heavy atom. The van der Waals surface area contributed by atoms with Gasteiger partial charge < -0.3 is 10.3 Å². The van der Waals surface area contributed by atoms with Crippen molar-refractivity contribution < 1.29 is 4.52 Å². The van der Waals surface area contributed by atoms with Crippen LogP contribution >= 0.6 is 0 Å². The molecule has 2 aromatic rings. The summed E-state index contributed by atoms with van der Waals surface area (Å²) in [5.41, 5.74) is 7.16. The molecule has 1 aromatic carbocycles. The van der Waals surface area contributed by atoms with Gasteiger partial charge in [0.1, 0.15) is 0 Å². The summed E-state index contributed by atoms with van der Waals surface area (Å²) in [6.07, 6.45) is 0. The summed E-state index contributed by atoms with van der Waals surface area (Å²) in [5.74, 6) is 0. The highest BCUT2D eigenvalue weighted by molar-refractivity contribution is 5.81. The molecule has 15 heavy (non-hydrogen) atoms. The summed E-state index contributed by atoms with van der Waals surface area (Å²) in [5, 5.41) is 0.606. The Labute approximate surface area is 87.2 Å². The predicted molar refractivity (Wildman–Crippen MR) is 58.8 cm³/mol. The molecule has 0 amide bonds. The second-order valence-corrected chi connectivity index (χ2v) is 3.60. The molecule has 0 spiro atoms. The van der Waals surface area contributed by atoms with Gasteiger partial charge in [0.05, 0.1) is 17.4 Å². The minimum absolute atomic E-state index is 0.163. The van der Waals surface area contributed by atoms with Crippen LogP contribution < -0.4 is 11.4 Å². The Hall–Kier alpha value is -1.55. The first kappa shape index (κ1) is 9.98. The summed E-state index contributed by atoms with van der Waals surface area (Å²) < 4.78 is 6.70. The maximum Gasteiger partial charge on any atom is 0.365 e. The molecular weight excluding hydrogens is 192 g/mol. The van der Waals surface area contributed by atoms with Crippen LogP contribution in [0.5, 0.6) is 0 Å². The number of hydrogen-bond acceptors (Lipinski definition) is 3. The van der Waals surface area contributed by atoms with Gasteiger partial charge >= 0.3 is 5.63 Å². The van der Waals surface area contributed by atoms with E-state index in [-0.39, 0.29) is 11.7 Å². The van der Waals surface area contributed by atoms with Crippen molar-refractivity contribution in [2.24, 2.45) is 5.73 Å². The SMILES string of the molecule is CCn1oc(=O)c2c(C(C)N)cccc21. The van der Waals surface area contributed by atoms with Crippen molar-refractivity contribution in [1.82, 2.24) is 4.74 Å². The van der Waals surface area contributed by atoms with Gasteiger partial charge in [0, 0.05) is 6.04 Å². The smallest absolute Gasteiger partial charge is 0.335 e. The van der Waals surface area contributed by atoms with E-state index >= 15 is 0 Å². The Morgan fingerprint density at radius 1 is 1.53 bits per heavy atom. The van der Waals surface area contributed by atoms with E-state index in [1.807, 2.05) is 32.0 Å². The Kier molecular flexibility index (Phi) is 2.36. The number of aryl methyl sites for hydroxylation is 1. The zero-order chi connectivity index (χ0) is 11.0. The molecule has 1 heterocycles. The van der Waals surface area contributed by atoms with Crippen molar-refractivity contribution in [3.8, 4) is 0 Å². The second-order valence-electron chi connectivity index (χ2n) is 3.60. The summed E-state index contributed by atoms with van der Waals surface area (Å²) in [6, 6.07) is 5.46. The summed E-state index contributed by atoms with van der Waals surface area (Å²) in [7, 11) is 0. The molecule has 0 saturated heterocycles. The van der Waals surface area contributed by atoms with Gasteiger partial charge in [-0.1, -0.05) is 12.1 Å². The zero-order valence-electron chi connectivity index (χ0n) is 8.86. The van der Waals surface area contributed by atoms with Crippen molar-refractivity contribution in [2.45, 2.75) is 26.4 Å². The highest BCUT2D eigenvalue weighted by Crippen LogP contribution is 2.20. The van der Waals surface area contributed by atoms with E-state index in [0.29, 0.717) is 11.9 Å². The molecule has 1 aromatic heterocycles. The molecule has 1 atom stereocenters. The number of aromatic nitrogens is 1. The van der Waals surface area contributed by atoms with E-state index < -0.39 is 0 Å². The second kappa shape index (κ2) is 3.55. The average Bonchev–Trinajstić information content (AvgIpc) is 2.55. The van der Waals surface area contributed by atoms with Crippen molar-refractivity contribution in [2.75, 3.05) is 0 Å². The molecule has 2 rings (SSSR count). The van der Waals surface area contributed by atoms with Crippen molar-refractivity contribution >= 4 is 10.9 Å². The number of rotatable bonds is 2. The van der Waals surface area contributed by atoms with Crippen LogP contribution in [0.25, 0.3) is 10.9 Å². The standard InChI is InChI=1S/C11H14N2O2/c1-3-13-9-6-4-5-8(7(2)12)10(9)11(14)15-13/h4-7H,3,12H2,1-2H3. The zero-order valence-corrected chi connectivity index (χ0v) is 8.86. The fraction of sp³-hybridized carbons (Fsp3) is 0.364. The lowest BCUT2D eigenvalue weighted by Gasteiger charge is -2.05. The van der Waals surface area contributed by atoms with Crippen LogP contribution in [0.3, 0.4) is 0 Å². The molecule has 2 N–H and O–H groups in total. The highest BCUT2D eigenvalue weighted by Gasteiger charge is 2.13. The van der Waals surface area contributed by atoms with E-state index in [0.717, 1.165) is 11.1 Å². The molecule has 4 heteroatoms. The normalized spacial score (nSPS) is 13.3. The minimum Gasteiger partial charge on any atom is -0.335 e. The molecule has 0 radical (unpaired) electrons. The lowest BCUT2D eigenvalue weighted by atomic mass is 10.1. The fourth-order valence-electron chi connectivity index (χ4n) is 1.80. The molecule has 0 fully saturated rings. The van der Waals surface area contributed by atoms with Crippen LogP contribution in [0.2, 0.25) is 0 Å². The van der Waals surface area contributed by atoms with Crippen molar-refractivity contribution in [3.63, 3.8) is 0 Å². The van der Waals surface area contributed by atoms with E-state index in [2.05, 4.69) is 0 Å². The molecule has 0 aliphatic rings. The first-order valence-electron chi connectivity index (χ1n) is 5.03. The Balaban J connectivity index is 2.86. The van der Waals surface area contributed by atoms with E-state index in [9.17, 15) is 4.79 Å².